The lowest BCUT2D eigenvalue weighted by Gasteiger charge is -2.29. The first kappa shape index (κ1) is 42.2. The number of ether oxygens (including phenoxy) is 2. The summed E-state index contributed by atoms with van der Waals surface area (Å²) in [5.41, 5.74) is 7.11. The highest BCUT2D eigenvalue weighted by atomic mass is 32.2. The summed E-state index contributed by atoms with van der Waals surface area (Å²) in [6, 6.07) is 7.83. The number of alkyl carbamates (subject to hydrolysis) is 1. The predicted octanol–water partition coefficient (Wildman–Crippen LogP) is 6.47. The number of fused-ring (bicyclic) bond motifs is 4. The number of thioether (sulfide) groups is 1. The average Bonchev–Trinajstić information content (AvgIpc) is 4.09. The van der Waals surface area contributed by atoms with Gasteiger partial charge in [-0.3, -0.25) is 19.1 Å². The van der Waals surface area contributed by atoms with Crippen molar-refractivity contribution >= 4 is 78.6 Å². The maximum absolute atomic E-state index is 14.7. The molecule has 0 radical (unpaired) electrons. The number of hydrogen-bond acceptors (Lipinski definition) is 11. The number of hydrogen-bond donors (Lipinski definition) is 3. The van der Waals surface area contributed by atoms with E-state index in [-0.39, 0.29) is 36.5 Å². The van der Waals surface area contributed by atoms with Crippen LogP contribution in [0.3, 0.4) is 0 Å². The van der Waals surface area contributed by atoms with Crippen LogP contribution in [-0.2, 0) is 29.1 Å². The number of nitrogens with one attached hydrogen (secondary N) is 2. The zero-order chi connectivity index (χ0) is 42.2. The van der Waals surface area contributed by atoms with Gasteiger partial charge in [0, 0.05) is 23.1 Å². The van der Waals surface area contributed by atoms with Crippen LogP contribution in [0.1, 0.15) is 78.6 Å². The van der Waals surface area contributed by atoms with E-state index in [1.165, 1.54) is 35.9 Å². The number of pyridine rings is 1. The van der Waals surface area contributed by atoms with E-state index in [4.69, 9.17) is 24.6 Å². The molecule has 3 heterocycles. The van der Waals surface area contributed by atoms with Gasteiger partial charge in [-0.1, -0.05) is 31.1 Å². The van der Waals surface area contributed by atoms with E-state index < -0.39 is 62.6 Å². The lowest BCUT2D eigenvalue weighted by atomic mass is 10.0. The van der Waals surface area contributed by atoms with Crippen LogP contribution >= 0.6 is 11.8 Å². The molecule has 3 aliphatic rings. The first-order valence-corrected chi connectivity index (χ1v) is 22.4. The molecular formula is C42H50FN5O9S2. The average molecular weight is 852 g/mol. The third-order valence-electron chi connectivity index (χ3n) is 10.8. The fourth-order valence-corrected chi connectivity index (χ4v) is 10.3. The van der Waals surface area contributed by atoms with Gasteiger partial charge in [0.1, 0.15) is 29.0 Å². The summed E-state index contributed by atoms with van der Waals surface area (Å²) >= 11 is 1.36. The highest BCUT2D eigenvalue weighted by Crippen LogP contribution is 2.45. The number of allylic oxidation sites excluding steroid dienone is 2. The van der Waals surface area contributed by atoms with Crippen LogP contribution in [-0.4, -0.2) is 84.0 Å². The maximum Gasteiger partial charge on any atom is 0.408 e. The van der Waals surface area contributed by atoms with Crippen molar-refractivity contribution in [2.75, 3.05) is 13.7 Å². The van der Waals surface area contributed by atoms with E-state index in [0.29, 0.717) is 63.9 Å². The Bertz CT molecular complexity index is 2430. The molecule has 3 fully saturated rings. The van der Waals surface area contributed by atoms with E-state index >= 15 is 0 Å². The third-order valence-corrected chi connectivity index (χ3v) is 13.9. The molecule has 4 aromatic rings. The van der Waals surface area contributed by atoms with Gasteiger partial charge in [-0.15, -0.1) is 11.8 Å². The molecule has 1 saturated heterocycles. The number of primary amides is 1. The van der Waals surface area contributed by atoms with Crippen LogP contribution in [0.5, 0.6) is 5.75 Å². The molecule has 0 bridgehead atoms. The Morgan fingerprint density at radius 2 is 1.86 bits per heavy atom. The molecule has 14 nitrogen and oxygen atoms in total. The second kappa shape index (κ2) is 17.0. The van der Waals surface area contributed by atoms with Gasteiger partial charge < -0.3 is 29.8 Å². The summed E-state index contributed by atoms with van der Waals surface area (Å²) in [4.78, 5) is 59.5. The molecule has 7 rings (SSSR count). The Kier molecular flexibility index (Phi) is 12.2. The molecule has 17 heteroatoms. The lowest BCUT2D eigenvalue weighted by Crippen LogP contribution is -2.53. The fraction of sp³-hybridized carbons (Fsp3) is 0.500. The van der Waals surface area contributed by atoms with Crippen molar-refractivity contribution in [3.8, 4) is 5.75 Å². The quantitative estimate of drug-likeness (QED) is 0.0824. The molecule has 0 spiro atoms. The monoisotopic (exact) mass is 851 g/mol. The second-order valence-electron chi connectivity index (χ2n) is 16.6. The van der Waals surface area contributed by atoms with Gasteiger partial charge in [0.2, 0.25) is 27.7 Å². The fourth-order valence-electron chi connectivity index (χ4n) is 7.59. The Balaban J connectivity index is 1.02. The SMILES string of the molecule is COc1cccc2c1oc1c(S[C@@H]3C[C@@H](C(N)=O)N(C(=O)[C@H](CCCCC/C=C\[C@@H]4C[C@@H]4C(=O)NS(=O)(=O)C4CC4)NC(=O)OC(C)(C)C)C3)c3cc(F)ccc3nc12. The van der Waals surface area contributed by atoms with E-state index in [1.807, 2.05) is 24.3 Å². The number of methoxy groups -OCH3 is 1. The number of rotatable bonds is 16. The number of furan rings is 1. The van der Waals surface area contributed by atoms with E-state index in [0.717, 1.165) is 24.6 Å². The number of carbonyl (C=O) groups excluding carboxylic acids is 4. The number of aromatic nitrogens is 1. The lowest BCUT2D eigenvalue weighted by molar-refractivity contribution is -0.139. The molecule has 1 aliphatic heterocycles. The van der Waals surface area contributed by atoms with Gasteiger partial charge >= 0.3 is 6.09 Å². The highest BCUT2D eigenvalue weighted by Gasteiger charge is 2.45. The van der Waals surface area contributed by atoms with E-state index in [1.54, 1.807) is 32.9 Å². The Labute approximate surface area is 346 Å². The van der Waals surface area contributed by atoms with Gasteiger partial charge in [-0.2, -0.15) is 0 Å². The molecule has 316 valence electrons. The molecule has 2 aliphatic carbocycles. The Hall–Kier alpha value is -4.90. The molecule has 0 unspecified atom stereocenters. The Morgan fingerprint density at radius 1 is 1.08 bits per heavy atom. The number of benzene rings is 2. The third kappa shape index (κ3) is 9.77. The maximum atomic E-state index is 14.7. The number of para-hydroxylation sites is 1. The summed E-state index contributed by atoms with van der Waals surface area (Å²) in [5, 5.41) is 3.16. The first-order chi connectivity index (χ1) is 28.0. The van der Waals surface area contributed by atoms with Crippen LogP contribution in [0.15, 0.2) is 57.9 Å². The van der Waals surface area contributed by atoms with E-state index in [9.17, 15) is 32.0 Å². The molecule has 4 N–H and O–H groups in total. The van der Waals surface area contributed by atoms with Crippen molar-refractivity contribution in [2.45, 2.75) is 112 Å². The molecule has 59 heavy (non-hydrogen) atoms. The minimum absolute atomic E-state index is 0.0109. The number of likely N-dealkylation sites (tertiary alicyclic amines) is 1. The zero-order valence-electron chi connectivity index (χ0n) is 33.5. The van der Waals surface area contributed by atoms with Gasteiger partial charge in [0.05, 0.1) is 28.2 Å². The summed E-state index contributed by atoms with van der Waals surface area (Å²) in [7, 11) is -2.02. The first-order valence-electron chi connectivity index (χ1n) is 20.0. The summed E-state index contributed by atoms with van der Waals surface area (Å²) < 4.78 is 58.6. The number of unbranched alkanes of at least 4 members (excludes halogenated alkanes) is 3. The van der Waals surface area contributed by atoms with Gasteiger partial charge in [-0.25, -0.2) is 22.6 Å². The molecule has 2 aromatic carbocycles. The van der Waals surface area contributed by atoms with Crippen LogP contribution in [0.2, 0.25) is 0 Å². The summed E-state index contributed by atoms with van der Waals surface area (Å²) in [6.07, 6.45) is 8.25. The van der Waals surface area contributed by atoms with Crippen LogP contribution in [0.4, 0.5) is 9.18 Å². The predicted molar refractivity (Wildman–Crippen MR) is 222 cm³/mol. The number of amides is 4. The van der Waals surface area contributed by atoms with Gasteiger partial charge in [0.15, 0.2) is 16.9 Å². The van der Waals surface area contributed by atoms with Crippen molar-refractivity contribution in [3.63, 3.8) is 0 Å². The molecule has 2 saturated carbocycles. The smallest absolute Gasteiger partial charge is 0.408 e. The van der Waals surface area contributed by atoms with Crippen molar-refractivity contribution in [3.05, 3.63) is 54.4 Å². The van der Waals surface area contributed by atoms with Crippen LogP contribution in [0, 0.1) is 17.7 Å². The van der Waals surface area contributed by atoms with E-state index in [2.05, 4.69) is 10.0 Å². The summed E-state index contributed by atoms with van der Waals surface area (Å²) in [5.74, 6) is -1.86. The van der Waals surface area contributed by atoms with Gasteiger partial charge in [-0.05, 0) is 102 Å². The van der Waals surface area contributed by atoms with Crippen molar-refractivity contribution in [1.82, 2.24) is 19.9 Å². The van der Waals surface area contributed by atoms with Crippen molar-refractivity contribution < 1.29 is 45.9 Å². The molecule has 5 atom stereocenters. The standard InChI is InChI=1S/C42H50FN5O9S2/c1-42(2,3)57-41(52)46-31(13-9-7-5-6-8-11-23-19-28(23)39(50)47-59(53,54)26-16-17-26)40(51)48-22-25(21-32(48)38(44)49)58-37-29-20-24(43)15-18-30(29)45-34-27-12-10-14-33(55-4)35(27)56-36(34)37/h8,10-12,14-15,18,20,23,25-26,28,31-32H,5-7,9,13,16-17,19,21-22H2,1-4H3,(H2,44,49)(H,46,52)(H,47,50)/b11-8-/t23-,25-,28+,31+,32+/m1/s1. The van der Waals surface area contributed by atoms with Crippen molar-refractivity contribution in [1.29, 1.82) is 0 Å². The molecule has 4 amide bonds. The highest BCUT2D eigenvalue weighted by molar-refractivity contribution is 8.00. The number of halogens is 1. The zero-order valence-corrected chi connectivity index (χ0v) is 35.1. The minimum Gasteiger partial charge on any atom is -0.493 e. The number of sulfonamides is 1. The van der Waals surface area contributed by atoms with Crippen LogP contribution in [0.25, 0.3) is 33.0 Å². The van der Waals surface area contributed by atoms with Gasteiger partial charge in [0.25, 0.3) is 0 Å². The second-order valence-corrected chi connectivity index (χ2v) is 19.9. The topological polar surface area (TPSA) is 200 Å². The largest absolute Gasteiger partial charge is 0.493 e. The normalized spacial score (nSPS) is 21.3. The summed E-state index contributed by atoms with van der Waals surface area (Å²) in [6.45, 7) is 5.28. The number of carbonyl (C=O) groups is 4. The Morgan fingerprint density at radius 3 is 2.58 bits per heavy atom. The van der Waals surface area contributed by atoms with Crippen LogP contribution < -0.4 is 20.5 Å². The van der Waals surface area contributed by atoms with Crippen molar-refractivity contribution in [2.24, 2.45) is 17.6 Å². The number of nitrogens with two attached hydrogens (primary N) is 1. The number of nitrogens with zero attached hydrogens (tertiary/aromatic N) is 2. The molecular weight excluding hydrogens is 802 g/mol. The minimum atomic E-state index is -3.56. The molecule has 2 aromatic heterocycles.